The van der Waals surface area contributed by atoms with Crippen LogP contribution in [-0.2, 0) is 16.0 Å². The Labute approximate surface area is 326 Å². The maximum Gasteiger partial charge on any atom is 0.513 e. The lowest BCUT2D eigenvalue weighted by Crippen LogP contribution is -2.58. The summed E-state index contributed by atoms with van der Waals surface area (Å²) in [5.74, 6) is -0.141. The van der Waals surface area contributed by atoms with Crippen LogP contribution in [0.2, 0.25) is 0 Å². The molecule has 2 fully saturated rings. The fourth-order valence-corrected chi connectivity index (χ4v) is 7.40. The summed E-state index contributed by atoms with van der Waals surface area (Å²) in [5.41, 5.74) is 6.78. The number of aryl methyl sites for hydroxylation is 1. The first-order chi connectivity index (χ1) is 26.7. The third kappa shape index (κ3) is 11.1. The number of carbonyl (C=O) groups is 2. The Hall–Kier alpha value is -4.81. The number of unbranched alkanes of at least 4 members (excludes halogenated alkanes) is 2. The Balaban J connectivity index is 0.987. The second-order valence-corrected chi connectivity index (χ2v) is 15.3. The van der Waals surface area contributed by atoms with Gasteiger partial charge in [-0.3, -0.25) is 29.4 Å². The number of piperazine rings is 1. The monoisotopic (exact) mass is 748 g/mol. The zero-order valence-corrected chi connectivity index (χ0v) is 32.9. The van der Waals surface area contributed by atoms with Crippen LogP contribution in [0.1, 0.15) is 84.3 Å². The maximum atomic E-state index is 13.4. The minimum absolute atomic E-state index is 0.0492. The molecule has 2 aliphatic rings. The van der Waals surface area contributed by atoms with E-state index in [4.69, 9.17) is 9.47 Å². The Morgan fingerprint density at radius 1 is 1.00 bits per heavy atom. The normalized spacial score (nSPS) is 19.3. The highest BCUT2D eigenvalue weighted by atomic mass is 16.7. The number of likely N-dealkylation sites (N-methyl/N-ethyl adjacent to an activating group) is 1. The zero-order valence-electron chi connectivity index (χ0n) is 32.9. The number of hydrogen-bond acceptors (Lipinski definition) is 9. The van der Waals surface area contributed by atoms with Gasteiger partial charge in [0.2, 0.25) is 6.73 Å². The lowest BCUT2D eigenvalue weighted by atomic mass is 10.0. The molecule has 11 heteroatoms. The summed E-state index contributed by atoms with van der Waals surface area (Å²) in [6, 6.07) is 28.0. The van der Waals surface area contributed by atoms with Gasteiger partial charge in [0.15, 0.2) is 0 Å². The van der Waals surface area contributed by atoms with Crippen molar-refractivity contribution < 1.29 is 23.5 Å². The van der Waals surface area contributed by atoms with Crippen molar-refractivity contribution in [3.8, 4) is 0 Å². The number of rotatable bonds is 15. The van der Waals surface area contributed by atoms with E-state index in [1.54, 1.807) is 0 Å². The summed E-state index contributed by atoms with van der Waals surface area (Å²) in [5, 5.41) is 10.6. The average Bonchev–Trinajstić information content (AvgIpc) is 3.21. The van der Waals surface area contributed by atoms with Crippen molar-refractivity contribution in [1.82, 2.24) is 20.1 Å². The molecule has 3 N–H and O–H groups in total. The predicted octanol–water partition coefficient (Wildman–Crippen LogP) is 7.70. The quantitative estimate of drug-likeness (QED) is 0.0641. The number of nitrogens with zero attached hydrogens (tertiary/aromatic N) is 4. The van der Waals surface area contributed by atoms with Gasteiger partial charge in [0.05, 0.1) is 20.1 Å². The van der Waals surface area contributed by atoms with E-state index in [9.17, 15) is 9.59 Å². The Bertz CT molecular complexity index is 1820. The molecule has 0 saturated carbocycles. The molecule has 3 heterocycles. The number of pyridine rings is 1. The fraction of sp³-hybridized carbons (Fsp3) is 0.432. The van der Waals surface area contributed by atoms with Crippen molar-refractivity contribution in [1.29, 1.82) is 0 Å². The van der Waals surface area contributed by atoms with Gasteiger partial charge in [0.1, 0.15) is 12.4 Å². The largest absolute Gasteiger partial charge is 0.513 e. The molecule has 2 aliphatic heterocycles. The van der Waals surface area contributed by atoms with E-state index < -0.39 is 6.16 Å². The number of aromatic nitrogens is 1. The van der Waals surface area contributed by atoms with Crippen LogP contribution >= 0.6 is 0 Å². The lowest BCUT2D eigenvalue weighted by Gasteiger charge is -2.43. The molecule has 1 aromatic heterocycles. The van der Waals surface area contributed by atoms with Gasteiger partial charge in [0.25, 0.3) is 5.91 Å². The summed E-state index contributed by atoms with van der Waals surface area (Å²) >= 11 is 0. The molecule has 2 saturated heterocycles. The van der Waals surface area contributed by atoms with Crippen LogP contribution < -0.4 is 16.0 Å². The van der Waals surface area contributed by atoms with Crippen molar-refractivity contribution in [2.75, 3.05) is 63.7 Å². The van der Waals surface area contributed by atoms with Gasteiger partial charge < -0.3 is 20.1 Å². The molecule has 0 radical (unpaired) electrons. The molecule has 11 nitrogen and oxygen atoms in total. The fourth-order valence-electron chi connectivity index (χ4n) is 7.40. The summed E-state index contributed by atoms with van der Waals surface area (Å²) in [7, 11) is 2.11. The topological polar surface area (TPSA) is 108 Å². The highest BCUT2D eigenvalue weighted by Gasteiger charge is 2.32. The maximum absolute atomic E-state index is 13.4. The average molecular weight is 749 g/mol. The van der Waals surface area contributed by atoms with Crippen molar-refractivity contribution in [3.05, 3.63) is 125 Å². The van der Waals surface area contributed by atoms with Crippen molar-refractivity contribution in [3.63, 3.8) is 0 Å². The van der Waals surface area contributed by atoms with Gasteiger partial charge in [-0.2, -0.15) is 0 Å². The number of carbonyl (C=O) groups excluding carboxylic acids is 2. The molecule has 4 aromatic rings. The Morgan fingerprint density at radius 2 is 1.78 bits per heavy atom. The van der Waals surface area contributed by atoms with Crippen LogP contribution in [0.3, 0.4) is 0 Å². The van der Waals surface area contributed by atoms with Crippen LogP contribution in [0.15, 0.2) is 97.3 Å². The number of quaternary nitrogens is 1. The number of ether oxygens (including phenoxy) is 2. The summed E-state index contributed by atoms with van der Waals surface area (Å²) in [6.07, 6.45) is 7.27. The SMILES string of the molecule is CCCCCN1C(Nc2cc(NC(=O)c3ccc(CN4CC[N+](C)(COC(=O)O[C@H](C)c5ccccc5)CC4)cc3)ccc2C)NCCC1c1cccnc1. The standard InChI is InChI=1S/C44H57N7O4/c1-5-6-10-24-50-41(38-14-11-22-45-30-38)21-23-46-43(50)48-40-29-39(20-15-33(40)2)47-42(52)37-18-16-35(17-19-37)31-49-25-27-51(4,28-26-49)32-54-44(53)55-34(3)36-12-8-7-9-13-36/h7-9,11-20,22,29-30,34,41,43,46,48H,5-6,10,21,23-28,31-32H2,1-4H3/p+1/t34-,41?,43?/m1/s1. The molecule has 0 bridgehead atoms. The van der Waals surface area contributed by atoms with E-state index in [0.29, 0.717) is 10.0 Å². The number of amides is 1. The lowest BCUT2D eigenvalue weighted by molar-refractivity contribution is -0.929. The number of hydrogen-bond donors (Lipinski definition) is 3. The number of nitrogens with one attached hydrogen (secondary N) is 3. The Morgan fingerprint density at radius 3 is 2.51 bits per heavy atom. The molecule has 292 valence electrons. The van der Waals surface area contributed by atoms with Crippen LogP contribution in [0.4, 0.5) is 16.2 Å². The first-order valence-corrected chi connectivity index (χ1v) is 19.8. The Kier molecular flexibility index (Phi) is 13.9. The molecule has 3 aromatic carbocycles. The molecule has 0 aliphatic carbocycles. The molecule has 3 atom stereocenters. The molecule has 55 heavy (non-hydrogen) atoms. The first-order valence-electron chi connectivity index (χ1n) is 19.8. The molecule has 1 amide bonds. The van der Waals surface area contributed by atoms with Gasteiger partial charge >= 0.3 is 6.16 Å². The molecular weight excluding hydrogens is 691 g/mol. The highest BCUT2D eigenvalue weighted by molar-refractivity contribution is 6.04. The highest BCUT2D eigenvalue weighted by Crippen LogP contribution is 2.31. The molecule has 0 spiro atoms. The van der Waals surface area contributed by atoms with Crippen LogP contribution in [0, 0.1) is 6.92 Å². The van der Waals surface area contributed by atoms with Crippen LogP contribution in [0.5, 0.6) is 0 Å². The predicted molar refractivity (Wildman–Crippen MR) is 217 cm³/mol. The van der Waals surface area contributed by atoms with Crippen molar-refractivity contribution in [2.24, 2.45) is 0 Å². The van der Waals surface area contributed by atoms with Gasteiger partial charge in [-0.1, -0.05) is 74.4 Å². The summed E-state index contributed by atoms with van der Waals surface area (Å²) < 4.78 is 11.7. The third-order valence-corrected chi connectivity index (χ3v) is 10.9. The van der Waals surface area contributed by atoms with Gasteiger partial charge in [-0.15, -0.1) is 0 Å². The van der Waals surface area contributed by atoms with E-state index in [1.807, 2.05) is 92.1 Å². The van der Waals surface area contributed by atoms with E-state index in [-0.39, 0.29) is 31.1 Å². The summed E-state index contributed by atoms with van der Waals surface area (Å²) in [4.78, 5) is 35.1. The second kappa shape index (κ2) is 19.2. The smallest absolute Gasteiger partial charge is 0.426 e. The number of benzene rings is 3. The van der Waals surface area contributed by atoms with Gasteiger partial charge in [-0.05, 0) is 79.3 Å². The van der Waals surface area contributed by atoms with Crippen molar-refractivity contribution in [2.45, 2.75) is 71.4 Å². The van der Waals surface area contributed by atoms with E-state index in [2.05, 4.69) is 63.8 Å². The minimum Gasteiger partial charge on any atom is -0.426 e. The van der Waals surface area contributed by atoms with Gasteiger partial charge in [0, 0.05) is 68.1 Å². The van der Waals surface area contributed by atoms with E-state index in [0.717, 1.165) is 86.7 Å². The third-order valence-electron chi connectivity index (χ3n) is 10.9. The summed E-state index contributed by atoms with van der Waals surface area (Å²) in [6.45, 7) is 12.6. The van der Waals surface area contributed by atoms with Gasteiger partial charge in [-0.25, -0.2) is 4.79 Å². The molecular formula is C44H58N7O4+. The van der Waals surface area contributed by atoms with E-state index >= 15 is 0 Å². The molecule has 2 unspecified atom stereocenters. The minimum atomic E-state index is -0.640. The van der Waals surface area contributed by atoms with Crippen molar-refractivity contribution >= 4 is 23.4 Å². The number of anilines is 2. The first kappa shape index (κ1) is 39.9. The van der Waals surface area contributed by atoms with Crippen LogP contribution in [0.25, 0.3) is 0 Å². The van der Waals surface area contributed by atoms with Crippen LogP contribution in [-0.4, -0.2) is 90.7 Å². The zero-order chi connectivity index (χ0) is 38.6. The second-order valence-electron chi connectivity index (χ2n) is 15.3. The molecule has 6 rings (SSSR count). The van der Waals surface area contributed by atoms with E-state index in [1.165, 1.54) is 18.4 Å².